The molecular formula is C19H26N2O. The van der Waals surface area contributed by atoms with E-state index in [9.17, 15) is 0 Å². The van der Waals surface area contributed by atoms with E-state index in [1.165, 1.54) is 36.9 Å². The predicted octanol–water partition coefficient (Wildman–Crippen LogP) is 3.16. The SMILES string of the molecule is CN1C2C=C(c3ccc(N4CCOCC4)cc3)CC1CCC2. The van der Waals surface area contributed by atoms with E-state index in [0.717, 1.165) is 32.3 Å². The topological polar surface area (TPSA) is 15.7 Å². The molecule has 3 nitrogen and oxygen atoms in total. The number of fused-ring (bicyclic) bond motifs is 2. The summed E-state index contributed by atoms with van der Waals surface area (Å²) in [6, 6.07) is 10.6. The fourth-order valence-corrected chi connectivity index (χ4v) is 4.16. The first-order valence-electron chi connectivity index (χ1n) is 8.67. The molecule has 3 aliphatic heterocycles. The maximum absolute atomic E-state index is 5.44. The molecule has 3 heteroatoms. The maximum Gasteiger partial charge on any atom is 0.0642 e. The minimum atomic E-state index is 0.654. The number of rotatable bonds is 2. The number of nitrogens with zero attached hydrogens (tertiary/aromatic N) is 2. The van der Waals surface area contributed by atoms with Crippen LogP contribution in [-0.4, -0.2) is 50.3 Å². The van der Waals surface area contributed by atoms with E-state index in [2.05, 4.69) is 47.2 Å². The molecule has 2 bridgehead atoms. The number of hydrogen-bond acceptors (Lipinski definition) is 3. The third-order valence-corrected chi connectivity index (χ3v) is 5.60. The number of morpholine rings is 1. The lowest BCUT2D eigenvalue weighted by molar-refractivity contribution is 0.122. The van der Waals surface area contributed by atoms with Crippen LogP contribution < -0.4 is 4.90 Å². The first kappa shape index (κ1) is 14.3. The summed E-state index contributed by atoms with van der Waals surface area (Å²) in [4.78, 5) is 5.00. The zero-order chi connectivity index (χ0) is 14.9. The first-order chi connectivity index (χ1) is 10.8. The standard InChI is InChI=1S/C19H26N2O/c1-20-18-3-2-4-19(20)14-16(13-18)15-5-7-17(8-6-15)21-9-11-22-12-10-21/h5-8,13,18-19H,2-4,9-12,14H2,1H3. The molecule has 2 unspecified atom stereocenters. The summed E-state index contributed by atoms with van der Waals surface area (Å²) in [5.74, 6) is 0. The molecule has 0 amide bonds. The molecule has 22 heavy (non-hydrogen) atoms. The molecule has 2 saturated heterocycles. The highest BCUT2D eigenvalue weighted by molar-refractivity contribution is 5.69. The van der Waals surface area contributed by atoms with E-state index in [-0.39, 0.29) is 0 Å². The third-order valence-electron chi connectivity index (χ3n) is 5.60. The fraction of sp³-hybridized carbons (Fsp3) is 0.579. The normalized spacial score (nSPS) is 29.3. The van der Waals surface area contributed by atoms with Crippen LogP contribution in [-0.2, 0) is 4.74 Å². The van der Waals surface area contributed by atoms with E-state index in [4.69, 9.17) is 4.74 Å². The zero-order valence-electron chi connectivity index (χ0n) is 13.5. The van der Waals surface area contributed by atoms with Crippen LogP contribution in [0.5, 0.6) is 0 Å². The molecular weight excluding hydrogens is 272 g/mol. The van der Waals surface area contributed by atoms with Crippen molar-refractivity contribution in [3.63, 3.8) is 0 Å². The Hall–Kier alpha value is -1.32. The second-order valence-electron chi connectivity index (χ2n) is 6.86. The Balaban J connectivity index is 1.53. The second-order valence-corrected chi connectivity index (χ2v) is 6.86. The van der Waals surface area contributed by atoms with Crippen LogP contribution in [0.2, 0.25) is 0 Å². The van der Waals surface area contributed by atoms with Gasteiger partial charge in [-0.2, -0.15) is 0 Å². The highest BCUT2D eigenvalue weighted by atomic mass is 16.5. The number of ether oxygens (including phenoxy) is 1. The van der Waals surface area contributed by atoms with Crippen molar-refractivity contribution in [3.8, 4) is 0 Å². The highest BCUT2D eigenvalue weighted by Gasteiger charge is 2.31. The van der Waals surface area contributed by atoms with Gasteiger partial charge in [-0.3, -0.25) is 4.90 Å². The van der Waals surface area contributed by atoms with Gasteiger partial charge in [0, 0.05) is 30.9 Å². The van der Waals surface area contributed by atoms with Crippen molar-refractivity contribution in [2.45, 2.75) is 37.8 Å². The van der Waals surface area contributed by atoms with Gasteiger partial charge in [-0.1, -0.05) is 24.6 Å². The minimum absolute atomic E-state index is 0.654. The molecule has 0 saturated carbocycles. The van der Waals surface area contributed by atoms with E-state index in [1.54, 1.807) is 5.57 Å². The minimum Gasteiger partial charge on any atom is -0.378 e. The Bertz CT molecular complexity index is 545. The summed E-state index contributed by atoms with van der Waals surface area (Å²) in [5.41, 5.74) is 4.31. The van der Waals surface area contributed by atoms with Gasteiger partial charge in [-0.05, 0) is 49.6 Å². The van der Waals surface area contributed by atoms with Crippen LogP contribution in [0, 0.1) is 0 Å². The van der Waals surface area contributed by atoms with Gasteiger partial charge in [0.05, 0.1) is 13.2 Å². The van der Waals surface area contributed by atoms with Crippen molar-refractivity contribution in [2.24, 2.45) is 0 Å². The molecule has 0 N–H and O–H groups in total. The molecule has 3 aliphatic rings. The summed E-state index contributed by atoms with van der Waals surface area (Å²) < 4.78 is 5.44. The van der Waals surface area contributed by atoms with E-state index < -0.39 is 0 Å². The first-order valence-corrected chi connectivity index (χ1v) is 8.67. The lowest BCUT2D eigenvalue weighted by atomic mass is 9.83. The van der Waals surface area contributed by atoms with Gasteiger partial charge >= 0.3 is 0 Å². The molecule has 0 aliphatic carbocycles. The molecule has 4 rings (SSSR count). The molecule has 2 fully saturated rings. The lowest BCUT2D eigenvalue weighted by Gasteiger charge is -2.43. The van der Waals surface area contributed by atoms with Gasteiger partial charge in [-0.15, -0.1) is 0 Å². The lowest BCUT2D eigenvalue weighted by Crippen LogP contribution is -2.45. The molecule has 3 heterocycles. The van der Waals surface area contributed by atoms with Gasteiger partial charge < -0.3 is 9.64 Å². The van der Waals surface area contributed by atoms with E-state index in [1.807, 2.05) is 0 Å². The molecule has 0 aromatic heterocycles. The van der Waals surface area contributed by atoms with Crippen LogP contribution in [0.1, 0.15) is 31.2 Å². The molecule has 1 aromatic rings. The summed E-state index contributed by atoms with van der Waals surface area (Å²) in [7, 11) is 2.29. The van der Waals surface area contributed by atoms with Crippen molar-refractivity contribution in [2.75, 3.05) is 38.3 Å². The monoisotopic (exact) mass is 298 g/mol. The van der Waals surface area contributed by atoms with Gasteiger partial charge in [-0.25, -0.2) is 0 Å². The highest BCUT2D eigenvalue weighted by Crippen LogP contribution is 2.36. The summed E-state index contributed by atoms with van der Waals surface area (Å²) in [5, 5.41) is 0. The van der Waals surface area contributed by atoms with Crippen LogP contribution in [0.25, 0.3) is 5.57 Å². The second kappa shape index (κ2) is 6.05. The van der Waals surface area contributed by atoms with Crippen molar-refractivity contribution < 1.29 is 4.74 Å². The van der Waals surface area contributed by atoms with Crippen molar-refractivity contribution in [1.82, 2.24) is 4.90 Å². The Labute approximate surface area is 133 Å². The van der Waals surface area contributed by atoms with Crippen molar-refractivity contribution >= 4 is 11.3 Å². The summed E-state index contributed by atoms with van der Waals surface area (Å²) in [6.45, 7) is 3.72. The average molecular weight is 298 g/mol. The molecule has 0 radical (unpaired) electrons. The Morgan fingerprint density at radius 2 is 1.82 bits per heavy atom. The number of benzene rings is 1. The largest absolute Gasteiger partial charge is 0.378 e. The summed E-state index contributed by atoms with van der Waals surface area (Å²) in [6.07, 6.45) is 7.79. The maximum atomic E-state index is 5.44. The van der Waals surface area contributed by atoms with Crippen LogP contribution in [0.15, 0.2) is 30.3 Å². The number of anilines is 1. The van der Waals surface area contributed by atoms with Crippen molar-refractivity contribution in [1.29, 1.82) is 0 Å². The van der Waals surface area contributed by atoms with Gasteiger partial charge in [0.15, 0.2) is 0 Å². The van der Waals surface area contributed by atoms with E-state index in [0.29, 0.717) is 6.04 Å². The number of hydrogen-bond donors (Lipinski definition) is 0. The quantitative estimate of drug-likeness (QED) is 0.834. The third kappa shape index (κ3) is 2.68. The molecule has 118 valence electrons. The molecule has 2 atom stereocenters. The Morgan fingerprint density at radius 3 is 2.55 bits per heavy atom. The summed E-state index contributed by atoms with van der Waals surface area (Å²) >= 11 is 0. The van der Waals surface area contributed by atoms with Crippen LogP contribution >= 0.6 is 0 Å². The molecule has 0 spiro atoms. The smallest absolute Gasteiger partial charge is 0.0642 e. The number of likely N-dealkylation sites (N-methyl/N-ethyl adjacent to an activating group) is 1. The number of piperidine rings is 1. The van der Waals surface area contributed by atoms with Gasteiger partial charge in [0.2, 0.25) is 0 Å². The van der Waals surface area contributed by atoms with Crippen LogP contribution in [0.3, 0.4) is 0 Å². The van der Waals surface area contributed by atoms with Crippen molar-refractivity contribution in [3.05, 3.63) is 35.9 Å². The van der Waals surface area contributed by atoms with Gasteiger partial charge in [0.1, 0.15) is 0 Å². The molecule has 1 aromatic carbocycles. The fourth-order valence-electron chi connectivity index (χ4n) is 4.16. The van der Waals surface area contributed by atoms with E-state index >= 15 is 0 Å². The Kier molecular flexibility index (Phi) is 3.93. The van der Waals surface area contributed by atoms with Gasteiger partial charge in [0.25, 0.3) is 0 Å². The zero-order valence-corrected chi connectivity index (χ0v) is 13.5. The predicted molar refractivity (Wildman–Crippen MR) is 91.3 cm³/mol. The average Bonchev–Trinajstić information content (AvgIpc) is 2.56. The Morgan fingerprint density at radius 1 is 1.05 bits per heavy atom. The van der Waals surface area contributed by atoms with Crippen LogP contribution in [0.4, 0.5) is 5.69 Å².